The summed E-state index contributed by atoms with van der Waals surface area (Å²) in [6.07, 6.45) is 7.52. The third-order valence-corrected chi connectivity index (χ3v) is 10.9. The Bertz CT molecular complexity index is 2470. The van der Waals surface area contributed by atoms with Crippen molar-refractivity contribution in [1.82, 2.24) is 19.1 Å². The van der Waals surface area contributed by atoms with Crippen LogP contribution in [0, 0.1) is 0 Å². The molecule has 0 amide bonds. The largest absolute Gasteiger partial charge is 0.369 e. The zero-order valence-corrected chi connectivity index (χ0v) is 23.7. The predicted molar refractivity (Wildman–Crippen MR) is 166 cm³/mol. The van der Waals surface area contributed by atoms with Crippen molar-refractivity contribution in [2.24, 2.45) is 5.16 Å². The molecular formula is C35H27N5O2. The first-order valence-corrected chi connectivity index (χ1v) is 14.5. The van der Waals surface area contributed by atoms with Gasteiger partial charge in [0.1, 0.15) is 0 Å². The van der Waals surface area contributed by atoms with E-state index in [9.17, 15) is 0 Å². The van der Waals surface area contributed by atoms with Crippen molar-refractivity contribution in [1.29, 1.82) is 0 Å². The number of oxime groups is 1. The second-order valence-electron chi connectivity index (χ2n) is 13.1. The number of hydrogen-bond donors (Lipinski definition) is 0. The zero-order chi connectivity index (χ0) is 28.1. The van der Waals surface area contributed by atoms with Crippen LogP contribution in [0.4, 0.5) is 0 Å². The van der Waals surface area contributed by atoms with Crippen molar-refractivity contribution in [2.45, 2.75) is 50.7 Å². The second-order valence-corrected chi connectivity index (χ2v) is 13.1. The fourth-order valence-electron chi connectivity index (χ4n) is 7.85. The molecule has 0 fully saturated rings. The Kier molecular flexibility index (Phi) is 3.85. The van der Waals surface area contributed by atoms with Crippen LogP contribution in [0.25, 0.3) is 60.1 Å². The van der Waals surface area contributed by atoms with Crippen LogP contribution in [-0.4, -0.2) is 25.3 Å². The third-order valence-electron chi connectivity index (χ3n) is 10.9. The number of hydrogen-bond acceptors (Lipinski definition) is 5. The Balaban J connectivity index is 1.15. The Morgan fingerprint density at radius 2 is 1.43 bits per heavy atom. The van der Waals surface area contributed by atoms with Crippen molar-refractivity contribution >= 4 is 66.3 Å². The SMILES string of the molecule is CC(C)(c1ccc2c(c1)c1cccc3c1n2C1ON=CC31)C(C)(C)c1ccc2c(c1)c1cncc3c4cnoc4n2c13. The average molecular weight is 550 g/mol. The molecule has 0 saturated heterocycles. The van der Waals surface area contributed by atoms with Crippen LogP contribution in [0.3, 0.4) is 0 Å². The fraction of sp³-hybridized carbons (Fsp3) is 0.229. The van der Waals surface area contributed by atoms with Crippen LogP contribution in [0.15, 0.2) is 82.9 Å². The maximum Gasteiger partial charge on any atom is 0.244 e. The van der Waals surface area contributed by atoms with Gasteiger partial charge in [-0.3, -0.25) is 9.38 Å². The van der Waals surface area contributed by atoms with Crippen LogP contribution >= 0.6 is 0 Å². The molecule has 2 aliphatic heterocycles. The molecule has 204 valence electrons. The van der Waals surface area contributed by atoms with E-state index in [0.717, 1.165) is 32.9 Å². The third kappa shape index (κ3) is 2.41. The standard InChI is InChI=1S/C35H27N5O2/c1-34(2,18-8-10-28-22(12-18)20-6-5-7-21-26-16-37-41-32(26)39(28)30(20)21)35(3,4)19-9-11-29-23(13-19)24-14-36-15-25-27-17-38-42-33(27)40(29)31(24)25/h5-17,26,32H,1-4H3. The van der Waals surface area contributed by atoms with Gasteiger partial charge in [0, 0.05) is 39.3 Å². The van der Waals surface area contributed by atoms with E-state index >= 15 is 0 Å². The van der Waals surface area contributed by atoms with Gasteiger partial charge in [0.2, 0.25) is 11.9 Å². The fourth-order valence-corrected chi connectivity index (χ4v) is 7.85. The highest BCUT2D eigenvalue weighted by Crippen LogP contribution is 2.51. The minimum absolute atomic E-state index is 0.0959. The van der Waals surface area contributed by atoms with Gasteiger partial charge >= 0.3 is 0 Å². The van der Waals surface area contributed by atoms with Crippen LogP contribution in [0.5, 0.6) is 0 Å². The molecule has 0 spiro atoms. The Morgan fingerprint density at radius 1 is 0.714 bits per heavy atom. The molecule has 0 aliphatic carbocycles. The summed E-state index contributed by atoms with van der Waals surface area (Å²) in [5, 5.41) is 15.2. The molecule has 5 aromatic heterocycles. The number of nitrogens with zero attached hydrogens (tertiary/aromatic N) is 5. The van der Waals surface area contributed by atoms with Gasteiger partial charge in [-0.15, -0.1) is 0 Å². The van der Waals surface area contributed by atoms with Crippen molar-refractivity contribution < 1.29 is 9.36 Å². The summed E-state index contributed by atoms with van der Waals surface area (Å²) in [5.41, 5.74) is 9.02. The van der Waals surface area contributed by atoms with Crippen LogP contribution in [0.2, 0.25) is 0 Å². The minimum atomic E-state index is -0.191. The van der Waals surface area contributed by atoms with Gasteiger partial charge in [-0.05, 0) is 51.8 Å². The van der Waals surface area contributed by atoms with E-state index in [1.807, 2.05) is 18.6 Å². The number of benzene rings is 3. The summed E-state index contributed by atoms with van der Waals surface area (Å²) >= 11 is 0. The number of pyridine rings is 1. The maximum atomic E-state index is 5.84. The molecule has 3 aromatic carbocycles. The van der Waals surface area contributed by atoms with Crippen LogP contribution < -0.4 is 0 Å². The first kappa shape index (κ1) is 22.7. The molecule has 7 heteroatoms. The van der Waals surface area contributed by atoms with Crippen LogP contribution in [-0.2, 0) is 15.7 Å². The summed E-state index contributed by atoms with van der Waals surface area (Å²) < 4.78 is 10.2. The highest BCUT2D eigenvalue weighted by Gasteiger charge is 2.42. The lowest BCUT2D eigenvalue weighted by Gasteiger charge is -2.43. The van der Waals surface area contributed by atoms with E-state index in [2.05, 4.69) is 107 Å². The molecule has 0 saturated carbocycles. The van der Waals surface area contributed by atoms with Crippen molar-refractivity contribution in [2.75, 3.05) is 0 Å². The van der Waals surface area contributed by atoms with E-state index in [0.29, 0.717) is 0 Å². The lowest BCUT2D eigenvalue weighted by Crippen LogP contribution is -2.40. The predicted octanol–water partition coefficient (Wildman–Crippen LogP) is 8.19. The quantitative estimate of drug-likeness (QED) is 0.223. The summed E-state index contributed by atoms with van der Waals surface area (Å²) in [6, 6.07) is 20.5. The monoisotopic (exact) mass is 549 g/mol. The molecule has 2 atom stereocenters. The van der Waals surface area contributed by atoms with Gasteiger partial charge in [0.15, 0.2) is 0 Å². The molecule has 7 heterocycles. The average Bonchev–Trinajstić information content (AvgIpc) is 3.82. The number of para-hydroxylation sites is 1. The summed E-state index contributed by atoms with van der Waals surface area (Å²) in [4.78, 5) is 10.4. The van der Waals surface area contributed by atoms with E-state index in [1.54, 1.807) is 6.20 Å². The lowest BCUT2D eigenvalue weighted by molar-refractivity contribution is 0.0344. The van der Waals surface area contributed by atoms with Gasteiger partial charge in [0.25, 0.3) is 0 Å². The van der Waals surface area contributed by atoms with Gasteiger partial charge in [-0.25, -0.2) is 0 Å². The molecule has 10 rings (SSSR count). The van der Waals surface area contributed by atoms with Crippen molar-refractivity contribution in [3.8, 4) is 0 Å². The molecule has 2 unspecified atom stereocenters. The Morgan fingerprint density at radius 3 is 2.21 bits per heavy atom. The van der Waals surface area contributed by atoms with Crippen molar-refractivity contribution in [3.63, 3.8) is 0 Å². The highest BCUT2D eigenvalue weighted by atomic mass is 16.7. The molecule has 0 bridgehead atoms. The Labute approximate surface area is 240 Å². The van der Waals surface area contributed by atoms with Gasteiger partial charge in [-0.2, -0.15) is 0 Å². The van der Waals surface area contributed by atoms with Gasteiger partial charge in [-0.1, -0.05) is 68.3 Å². The first-order chi connectivity index (χ1) is 20.4. The summed E-state index contributed by atoms with van der Waals surface area (Å²) in [7, 11) is 0. The van der Waals surface area contributed by atoms with E-state index in [-0.39, 0.29) is 23.0 Å². The summed E-state index contributed by atoms with van der Waals surface area (Å²) in [6.45, 7) is 9.46. The van der Waals surface area contributed by atoms with Crippen molar-refractivity contribution in [3.05, 3.63) is 89.9 Å². The zero-order valence-electron chi connectivity index (χ0n) is 23.7. The topological polar surface area (TPSA) is 69.8 Å². The molecule has 0 N–H and O–H groups in total. The lowest BCUT2D eigenvalue weighted by atomic mass is 9.61. The molecule has 7 nitrogen and oxygen atoms in total. The Hall–Kier alpha value is -4.91. The normalized spacial score (nSPS) is 18.6. The number of fused-ring (bicyclic) bond motifs is 12. The van der Waals surface area contributed by atoms with E-state index in [4.69, 9.17) is 9.36 Å². The van der Waals surface area contributed by atoms with Gasteiger partial charge < -0.3 is 13.9 Å². The smallest absolute Gasteiger partial charge is 0.244 e. The molecular weight excluding hydrogens is 522 g/mol. The number of rotatable bonds is 3. The molecule has 2 aliphatic rings. The van der Waals surface area contributed by atoms with E-state index < -0.39 is 0 Å². The first-order valence-electron chi connectivity index (χ1n) is 14.5. The van der Waals surface area contributed by atoms with E-state index in [1.165, 1.54) is 43.9 Å². The molecule has 0 radical (unpaired) electrons. The highest BCUT2D eigenvalue weighted by molar-refractivity contribution is 6.21. The van der Waals surface area contributed by atoms with Crippen LogP contribution in [0.1, 0.15) is 56.5 Å². The van der Waals surface area contributed by atoms with Gasteiger partial charge in [0.05, 0.1) is 45.8 Å². The molecule has 42 heavy (non-hydrogen) atoms. The molecule has 8 aromatic rings. The minimum Gasteiger partial charge on any atom is -0.369 e. The number of aromatic nitrogens is 4. The maximum absolute atomic E-state index is 5.84. The summed E-state index contributed by atoms with van der Waals surface area (Å²) in [5.74, 6) is 0.186. The second kappa shape index (κ2) is 7.10.